The molecular weight excluding hydrogens is 276 g/mol. The molecule has 1 aromatic rings. The summed E-state index contributed by atoms with van der Waals surface area (Å²) >= 11 is 0. The van der Waals surface area contributed by atoms with E-state index in [2.05, 4.69) is 10.6 Å². The molecule has 0 bridgehead atoms. The van der Waals surface area contributed by atoms with Crippen molar-refractivity contribution in [3.05, 3.63) is 29.8 Å². The molecule has 0 aliphatic carbocycles. The van der Waals surface area contributed by atoms with Gasteiger partial charge in [-0.25, -0.2) is 13.6 Å². The number of benzene rings is 1. The molecule has 0 fully saturated rings. The smallest absolute Gasteiger partial charge is 0.319 e. The number of nitrogens with one attached hydrogen (secondary N) is 2. The fraction of sp³-hybridized carbons (Fsp3) is 0.417. The normalized spacial score (nSPS) is 9.63. The van der Waals surface area contributed by atoms with Crippen molar-refractivity contribution in [3.8, 4) is 0 Å². The molecule has 0 atom stereocenters. The largest absolute Gasteiger partial charge is 0.338 e. The number of halogens is 3. The van der Waals surface area contributed by atoms with Crippen LogP contribution in [-0.4, -0.2) is 19.1 Å². The van der Waals surface area contributed by atoms with Crippen LogP contribution in [-0.2, 0) is 0 Å². The van der Waals surface area contributed by atoms with E-state index in [0.29, 0.717) is 13.1 Å². The van der Waals surface area contributed by atoms with Crippen LogP contribution in [0, 0.1) is 11.6 Å². The van der Waals surface area contributed by atoms with Crippen molar-refractivity contribution < 1.29 is 13.6 Å². The molecule has 0 heterocycles. The minimum absolute atomic E-state index is 0. The summed E-state index contributed by atoms with van der Waals surface area (Å²) in [6, 6.07) is 2.78. The number of urea groups is 1. The Labute approximate surface area is 117 Å². The van der Waals surface area contributed by atoms with Crippen molar-refractivity contribution in [1.82, 2.24) is 5.32 Å². The first-order valence-electron chi connectivity index (χ1n) is 5.84. The van der Waals surface area contributed by atoms with Gasteiger partial charge < -0.3 is 16.4 Å². The van der Waals surface area contributed by atoms with Crippen molar-refractivity contribution >= 4 is 24.1 Å². The van der Waals surface area contributed by atoms with Gasteiger partial charge in [-0.15, -0.1) is 12.4 Å². The summed E-state index contributed by atoms with van der Waals surface area (Å²) < 4.78 is 26.4. The number of nitrogens with two attached hydrogens (primary N) is 1. The zero-order valence-electron chi connectivity index (χ0n) is 10.4. The van der Waals surface area contributed by atoms with E-state index in [1.807, 2.05) is 0 Å². The maximum Gasteiger partial charge on any atom is 0.319 e. The number of hydrogen-bond donors (Lipinski definition) is 3. The van der Waals surface area contributed by atoms with Crippen molar-refractivity contribution in [3.63, 3.8) is 0 Å². The summed E-state index contributed by atoms with van der Waals surface area (Å²) in [4.78, 5) is 11.4. The van der Waals surface area contributed by atoms with Gasteiger partial charge in [0.2, 0.25) is 0 Å². The van der Waals surface area contributed by atoms with Gasteiger partial charge in [0.15, 0.2) is 0 Å². The van der Waals surface area contributed by atoms with E-state index in [1.165, 1.54) is 6.07 Å². The monoisotopic (exact) mass is 293 g/mol. The van der Waals surface area contributed by atoms with Gasteiger partial charge in [0.05, 0.1) is 0 Å². The Balaban J connectivity index is 0.00000324. The first-order valence-corrected chi connectivity index (χ1v) is 5.84. The van der Waals surface area contributed by atoms with E-state index in [1.54, 1.807) is 0 Å². The highest BCUT2D eigenvalue weighted by Gasteiger charge is 2.10. The fourth-order valence-corrected chi connectivity index (χ4v) is 1.42. The molecule has 0 saturated carbocycles. The number of para-hydroxylation sites is 1. The van der Waals surface area contributed by atoms with Crippen LogP contribution in [0.25, 0.3) is 0 Å². The number of anilines is 1. The van der Waals surface area contributed by atoms with Crippen molar-refractivity contribution in [1.29, 1.82) is 0 Å². The molecule has 0 saturated heterocycles. The Hall–Kier alpha value is -1.40. The molecular formula is C12H18ClF2N3O. The predicted molar refractivity (Wildman–Crippen MR) is 73.5 cm³/mol. The van der Waals surface area contributed by atoms with Crippen molar-refractivity contribution in [2.45, 2.75) is 19.3 Å². The summed E-state index contributed by atoms with van der Waals surface area (Å²) in [7, 11) is 0. The Morgan fingerprint density at radius 3 is 2.37 bits per heavy atom. The fourth-order valence-electron chi connectivity index (χ4n) is 1.42. The van der Waals surface area contributed by atoms with Crippen LogP contribution in [0.1, 0.15) is 19.3 Å². The molecule has 1 rings (SSSR count). The molecule has 0 spiro atoms. The van der Waals surface area contributed by atoms with Crippen LogP contribution in [0.5, 0.6) is 0 Å². The number of hydrogen-bond acceptors (Lipinski definition) is 2. The maximum atomic E-state index is 13.2. The van der Waals surface area contributed by atoms with Crippen molar-refractivity contribution in [2.24, 2.45) is 5.73 Å². The highest BCUT2D eigenvalue weighted by molar-refractivity contribution is 5.89. The Morgan fingerprint density at radius 2 is 1.79 bits per heavy atom. The lowest BCUT2D eigenvalue weighted by Gasteiger charge is -2.08. The second-order valence-corrected chi connectivity index (χ2v) is 3.83. The van der Waals surface area contributed by atoms with Crippen LogP contribution >= 0.6 is 12.4 Å². The maximum absolute atomic E-state index is 13.2. The van der Waals surface area contributed by atoms with E-state index in [0.717, 1.165) is 31.4 Å². The molecule has 0 aromatic heterocycles. The molecule has 0 aliphatic rings. The highest BCUT2D eigenvalue weighted by atomic mass is 35.5. The highest BCUT2D eigenvalue weighted by Crippen LogP contribution is 2.17. The van der Waals surface area contributed by atoms with Gasteiger partial charge in [-0.2, -0.15) is 0 Å². The average molecular weight is 294 g/mol. The number of unbranched alkanes of at least 4 members (excludes halogenated alkanes) is 2. The van der Waals surface area contributed by atoms with Crippen molar-refractivity contribution in [2.75, 3.05) is 18.4 Å². The summed E-state index contributed by atoms with van der Waals surface area (Å²) in [6.45, 7) is 1.06. The van der Waals surface area contributed by atoms with E-state index in [9.17, 15) is 13.6 Å². The van der Waals surface area contributed by atoms with Crippen LogP contribution in [0.15, 0.2) is 18.2 Å². The van der Waals surface area contributed by atoms with Gasteiger partial charge in [-0.3, -0.25) is 0 Å². The number of rotatable bonds is 6. The summed E-state index contributed by atoms with van der Waals surface area (Å²) in [5, 5.41) is 4.66. The first-order chi connectivity index (χ1) is 8.65. The third-order valence-electron chi connectivity index (χ3n) is 2.37. The minimum Gasteiger partial charge on any atom is -0.338 e. The Bertz CT molecular complexity index is 384. The quantitative estimate of drug-likeness (QED) is 0.706. The predicted octanol–water partition coefficient (Wildman–Crippen LogP) is 2.64. The van der Waals surface area contributed by atoms with E-state index < -0.39 is 23.4 Å². The summed E-state index contributed by atoms with van der Waals surface area (Å²) in [5.74, 6) is -1.60. The molecule has 4 nitrogen and oxygen atoms in total. The number of amides is 2. The zero-order chi connectivity index (χ0) is 13.4. The third-order valence-corrected chi connectivity index (χ3v) is 2.37. The number of carbonyl (C=O) groups excluding carboxylic acids is 1. The lowest BCUT2D eigenvalue weighted by Crippen LogP contribution is -2.30. The standard InChI is InChI=1S/C12H17F2N3O.ClH/c13-9-5-4-6-10(14)11(9)17-12(18)16-8-3-1-2-7-15;/h4-6H,1-3,7-8,15H2,(H2,16,17,18);1H. The van der Waals surface area contributed by atoms with Crippen LogP contribution < -0.4 is 16.4 Å². The minimum atomic E-state index is -0.798. The first kappa shape index (κ1) is 17.6. The topological polar surface area (TPSA) is 67.1 Å². The van der Waals surface area contributed by atoms with Gasteiger partial charge in [0.25, 0.3) is 0 Å². The van der Waals surface area contributed by atoms with Crippen LogP contribution in [0.4, 0.5) is 19.3 Å². The summed E-state index contributed by atoms with van der Waals surface area (Å²) in [6.07, 6.45) is 2.58. The molecule has 2 amide bonds. The molecule has 108 valence electrons. The molecule has 7 heteroatoms. The number of carbonyl (C=O) groups is 1. The second kappa shape index (κ2) is 9.52. The molecule has 19 heavy (non-hydrogen) atoms. The van der Waals surface area contributed by atoms with Gasteiger partial charge >= 0.3 is 6.03 Å². The Kier molecular flexibility index (Phi) is 8.82. The van der Waals surface area contributed by atoms with E-state index >= 15 is 0 Å². The zero-order valence-corrected chi connectivity index (χ0v) is 11.2. The molecule has 1 aromatic carbocycles. The lowest BCUT2D eigenvalue weighted by atomic mass is 10.2. The average Bonchev–Trinajstić information content (AvgIpc) is 2.34. The molecule has 0 aliphatic heterocycles. The SMILES string of the molecule is Cl.NCCCCCNC(=O)Nc1c(F)cccc1F. The summed E-state index contributed by atoms with van der Waals surface area (Å²) in [5.41, 5.74) is 4.89. The van der Waals surface area contributed by atoms with Gasteiger partial charge in [-0.05, 0) is 31.5 Å². The molecule has 0 radical (unpaired) electrons. The second-order valence-electron chi connectivity index (χ2n) is 3.83. The van der Waals surface area contributed by atoms with E-state index in [4.69, 9.17) is 5.73 Å². The van der Waals surface area contributed by atoms with Gasteiger partial charge in [-0.1, -0.05) is 12.5 Å². The van der Waals surface area contributed by atoms with Crippen LogP contribution in [0.2, 0.25) is 0 Å². The molecule has 4 N–H and O–H groups in total. The van der Waals surface area contributed by atoms with E-state index in [-0.39, 0.29) is 12.4 Å². The lowest BCUT2D eigenvalue weighted by molar-refractivity contribution is 0.251. The van der Waals surface area contributed by atoms with Gasteiger partial charge in [0, 0.05) is 6.54 Å². The third kappa shape index (κ3) is 6.35. The van der Waals surface area contributed by atoms with Gasteiger partial charge in [0.1, 0.15) is 17.3 Å². The Morgan fingerprint density at radius 1 is 1.16 bits per heavy atom. The van der Waals surface area contributed by atoms with Crippen LogP contribution in [0.3, 0.4) is 0 Å². The molecule has 0 unspecified atom stereocenters.